The van der Waals surface area contributed by atoms with Crippen LogP contribution in [0.15, 0.2) is 54.6 Å². The Bertz CT molecular complexity index is 898. The lowest BCUT2D eigenvalue weighted by molar-refractivity contribution is -0.131. The average Bonchev–Trinajstić information content (AvgIpc) is 2.67. The highest BCUT2D eigenvalue weighted by Gasteiger charge is 2.26. The van der Waals surface area contributed by atoms with Crippen molar-refractivity contribution < 1.29 is 17.9 Å². The van der Waals surface area contributed by atoms with Crippen LogP contribution in [0.3, 0.4) is 0 Å². The van der Waals surface area contributed by atoms with E-state index in [-0.39, 0.29) is 12.5 Å². The number of rotatable bonds is 6. The van der Waals surface area contributed by atoms with Crippen LogP contribution < -0.4 is 9.04 Å². The number of amides is 1. The fourth-order valence-corrected chi connectivity index (χ4v) is 4.19. The molecular formula is C21H26N2O4S. The first-order chi connectivity index (χ1) is 13.3. The van der Waals surface area contributed by atoms with E-state index in [1.54, 1.807) is 29.2 Å². The summed E-state index contributed by atoms with van der Waals surface area (Å²) in [5.41, 5.74) is 0.446. The smallest absolute Gasteiger partial charge is 0.243 e. The van der Waals surface area contributed by atoms with Crippen molar-refractivity contribution in [1.82, 2.24) is 4.90 Å². The number of hydrogen-bond acceptors (Lipinski definition) is 4. The van der Waals surface area contributed by atoms with Crippen LogP contribution in [0.5, 0.6) is 11.5 Å². The molecule has 28 heavy (non-hydrogen) atoms. The molecule has 0 aliphatic carbocycles. The molecule has 2 aromatic carbocycles. The third kappa shape index (κ3) is 5.25. The predicted molar refractivity (Wildman–Crippen MR) is 110 cm³/mol. The van der Waals surface area contributed by atoms with Crippen molar-refractivity contribution in [3.8, 4) is 11.5 Å². The van der Waals surface area contributed by atoms with Crippen LogP contribution in [0.4, 0.5) is 5.69 Å². The van der Waals surface area contributed by atoms with Crippen molar-refractivity contribution in [2.75, 3.05) is 30.2 Å². The Labute approximate surface area is 166 Å². The van der Waals surface area contributed by atoms with Gasteiger partial charge in [-0.05, 0) is 55.2 Å². The van der Waals surface area contributed by atoms with Gasteiger partial charge < -0.3 is 9.64 Å². The molecule has 1 heterocycles. The second-order valence-electron chi connectivity index (χ2n) is 7.27. The highest BCUT2D eigenvalue weighted by molar-refractivity contribution is 7.92. The lowest BCUT2D eigenvalue weighted by atomic mass is 10.0. The van der Waals surface area contributed by atoms with E-state index < -0.39 is 10.0 Å². The molecule has 150 valence electrons. The molecular weight excluding hydrogens is 376 g/mol. The summed E-state index contributed by atoms with van der Waals surface area (Å²) in [6.07, 6.45) is 3.17. The van der Waals surface area contributed by atoms with Crippen molar-refractivity contribution in [3.05, 3.63) is 54.6 Å². The first kappa shape index (κ1) is 20.2. The molecule has 1 aliphatic rings. The van der Waals surface area contributed by atoms with Gasteiger partial charge in [0.2, 0.25) is 15.9 Å². The minimum atomic E-state index is -3.59. The number of anilines is 1. The third-order valence-electron chi connectivity index (χ3n) is 4.79. The van der Waals surface area contributed by atoms with Gasteiger partial charge in [0.15, 0.2) is 0 Å². The lowest BCUT2D eigenvalue weighted by Crippen LogP contribution is -2.46. The predicted octanol–water partition coefficient (Wildman–Crippen LogP) is 3.50. The van der Waals surface area contributed by atoms with Gasteiger partial charge in [0.05, 0.1) is 11.9 Å². The van der Waals surface area contributed by atoms with Crippen molar-refractivity contribution in [2.24, 2.45) is 5.92 Å². The zero-order valence-electron chi connectivity index (χ0n) is 16.2. The van der Waals surface area contributed by atoms with Crippen molar-refractivity contribution in [2.45, 2.75) is 19.8 Å². The van der Waals surface area contributed by atoms with Crippen LogP contribution in [-0.2, 0) is 14.8 Å². The zero-order chi connectivity index (χ0) is 20.1. The Morgan fingerprint density at radius 1 is 1.11 bits per heavy atom. The largest absolute Gasteiger partial charge is 0.457 e. The maximum absolute atomic E-state index is 12.7. The summed E-state index contributed by atoms with van der Waals surface area (Å²) < 4.78 is 31.5. The summed E-state index contributed by atoms with van der Waals surface area (Å²) in [5, 5.41) is 0. The Kier molecular flexibility index (Phi) is 6.24. The highest BCUT2D eigenvalue weighted by atomic mass is 32.2. The van der Waals surface area contributed by atoms with E-state index in [1.807, 2.05) is 30.3 Å². The molecule has 2 aromatic rings. The number of piperidine rings is 1. The van der Waals surface area contributed by atoms with E-state index in [9.17, 15) is 13.2 Å². The number of carbonyl (C=O) groups excluding carboxylic acids is 1. The number of benzene rings is 2. The average molecular weight is 403 g/mol. The molecule has 1 fully saturated rings. The third-order valence-corrected chi connectivity index (χ3v) is 5.93. The second-order valence-corrected chi connectivity index (χ2v) is 9.17. The summed E-state index contributed by atoms with van der Waals surface area (Å²) in [4.78, 5) is 14.4. The van der Waals surface area contributed by atoms with Crippen molar-refractivity contribution >= 4 is 21.6 Å². The molecule has 0 N–H and O–H groups in total. The number of hydrogen-bond donors (Lipinski definition) is 0. The Morgan fingerprint density at radius 3 is 2.36 bits per heavy atom. The maximum Gasteiger partial charge on any atom is 0.243 e. The summed E-state index contributed by atoms with van der Waals surface area (Å²) in [5.74, 6) is 1.57. The molecule has 0 saturated carbocycles. The summed E-state index contributed by atoms with van der Waals surface area (Å²) in [6.45, 7) is 3.29. The molecule has 0 radical (unpaired) electrons. The molecule has 1 aliphatic heterocycles. The Hall–Kier alpha value is -2.54. The molecule has 1 amide bonds. The van der Waals surface area contributed by atoms with E-state index in [2.05, 4.69) is 6.92 Å². The zero-order valence-corrected chi connectivity index (χ0v) is 17.1. The molecule has 7 heteroatoms. The number of likely N-dealkylation sites (tertiary alicyclic amines) is 1. The monoisotopic (exact) mass is 402 g/mol. The molecule has 3 rings (SSSR count). The molecule has 0 spiro atoms. The minimum Gasteiger partial charge on any atom is -0.457 e. The van der Waals surface area contributed by atoms with E-state index >= 15 is 0 Å². The van der Waals surface area contributed by atoms with E-state index in [0.29, 0.717) is 36.2 Å². The number of para-hydroxylation sites is 1. The van der Waals surface area contributed by atoms with Crippen LogP contribution in [0.2, 0.25) is 0 Å². The van der Waals surface area contributed by atoms with Gasteiger partial charge in [-0.1, -0.05) is 25.1 Å². The van der Waals surface area contributed by atoms with Gasteiger partial charge >= 0.3 is 0 Å². The standard InChI is InChI=1S/C21H26N2O4S/c1-17-7-6-14-22(15-17)21(24)16-23(28(2,25)26)18-10-12-20(13-11-18)27-19-8-4-3-5-9-19/h3-5,8-13,17H,6-7,14-16H2,1-2H3/t17-/m0/s1. The topological polar surface area (TPSA) is 66.9 Å². The summed E-state index contributed by atoms with van der Waals surface area (Å²) >= 11 is 0. The van der Waals surface area contributed by atoms with Gasteiger partial charge in [-0.25, -0.2) is 8.42 Å². The lowest BCUT2D eigenvalue weighted by Gasteiger charge is -2.33. The number of nitrogens with zero attached hydrogens (tertiary/aromatic N) is 2. The summed E-state index contributed by atoms with van der Waals surface area (Å²) in [6, 6.07) is 16.1. The highest BCUT2D eigenvalue weighted by Crippen LogP contribution is 2.26. The van der Waals surface area contributed by atoms with E-state index in [4.69, 9.17) is 4.74 Å². The van der Waals surface area contributed by atoms with Crippen LogP contribution in [0, 0.1) is 5.92 Å². The first-order valence-corrected chi connectivity index (χ1v) is 11.3. The molecule has 6 nitrogen and oxygen atoms in total. The van der Waals surface area contributed by atoms with E-state index in [0.717, 1.165) is 23.4 Å². The second kappa shape index (κ2) is 8.65. The number of carbonyl (C=O) groups is 1. The molecule has 0 unspecified atom stereocenters. The van der Waals surface area contributed by atoms with Gasteiger partial charge in [-0.3, -0.25) is 9.10 Å². The van der Waals surface area contributed by atoms with E-state index in [1.165, 1.54) is 0 Å². The SMILES string of the molecule is C[C@H]1CCCN(C(=O)CN(c2ccc(Oc3ccccc3)cc2)S(C)(=O)=O)C1. The van der Waals surface area contributed by atoms with Gasteiger partial charge in [-0.15, -0.1) is 0 Å². The molecule has 0 bridgehead atoms. The molecule has 1 saturated heterocycles. The van der Waals surface area contributed by atoms with Crippen LogP contribution in [0.25, 0.3) is 0 Å². The first-order valence-electron chi connectivity index (χ1n) is 9.41. The van der Waals surface area contributed by atoms with Gasteiger partial charge in [0, 0.05) is 13.1 Å². The molecule has 0 aromatic heterocycles. The van der Waals surface area contributed by atoms with Crippen molar-refractivity contribution in [1.29, 1.82) is 0 Å². The van der Waals surface area contributed by atoms with Crippen LogP contribution in [0.1, 0.15) is 19.8 Å². The molecule has 1 atom stereocenters. The normalized spacial score (nSPS) is 17.2. The summed E-state index contributed by atoms with van der Waals surface area (Å²) in [7, 11) is -3.59. The fourth-order valence-electron chi connectivity index (χ4n) is 3.34. The van der Waals surface area contributed by atoms with Crippen LogP contribution >= 0.6 is 0 Å². The van der Waals surface area contributed by atoms with Gasteiger partial charge in [-0.2, -0.15) is 0 Å². The van der Waals surface area contributed by atoms with Gasteiger partial charge in [0.25, 0.3) is 0 Å². The van der Waals surface area contributed by atoms with Crippen LogP contribution in [-0.4, -0.2) is 45.1 Å². The Balaban J connectivity index is 1.73. The Morgan fingerprint density at radius 2 is 1.75 bits per heavy atom. The number of sulfonamides is 1. The quantitative estimate of drug-likeness (QED) is 0.742. The minimum absolute atomic E-state index is 0.165. The fraction of sp³-hybridized carbons (Fsp3) is 0.381. The maximum atomic E-state index is 12.7. The van der Waals surface area contributed by atoms with Gasteiger partial charge in [0.1, 0.15) is 18.0 Å². The number of ether oxygens (including phenoxy) is 1. The van der Waals surface area contributed by atoms with Crippen molar-refractivity contribution in [3.63, 3.8) is 0 Å².